The molecule has 1 fully saturated rings. The summed E-state index contributed by atoms with van der Waals surface area (Å²) in [6.45, 7) is 1.77. The second-order valence-electron chi connectivity index (χ2n) is 6.36. The molecule has 1 aliphatic carbocycles. The molecule has 5 rings (SSSR count). The maximum atomic E-state index is 13.4. The molecule has 1 aliphatic rings. The normalized spacial score (nSPS) is 14.5. The molecule has 0 aliphatic heterocycles. The molecule has 6 nitrogen and oxygen atoms in total. The summed E-state index contributed by atoms with van der Waals surface area (Å²) in [5.41, 5.74) is 1.78. The fraction of sp³-hybridized carbons (Fsp3) is 0.222. The Labute approximate surface area is 141 Å². The quantitative estimate of drug-likeness (QED) is 0.565. The van der Waals surface area contributed by atoms with Crippen molar-refractivity contribution in [2.75, 3.05) is 0 Å². The molecule has 1 aromatic carbocycles. The molecule has 4 aromatic rings. The van der Waals surface area contributed by atoms with Gasteiger partial charge in [-0.3, -0.25) is 4.79 Å². The number of hydrogen-bond acceptors (Lipinski definition) is 4. The van der Waals surface area contributed by atoms with Crippen LogP contribution in [-0.4, -0.2) is 24.1 Å². The minimum atomic E-state index is -0.330. The molecule has 3 heterocycles. The lowest BCUT2D eigenvalue weighted by atomic mass is 10.1. The molecule has 0 unspecified atom stereocenters. The maximum Gasteiger partial charge on any atom is 0.262 e. The van der Waals surface area contributed by atoms with Gasteiger partial charge in [0.1, 0.15) is 11.6 Å². The summed E-state index contributed by atoms with van der Waals surface area (Å²) in [7, 11) is 0. The van der Waals surface area contributed by atoms with Gasteiger partial charge in [0.25, 0.3) is 11.3 Å². The van der Waals surface area contributed by atoms with Crippen molar-refractivity contribution in [3.8, 4) is 11.3 Å². The summed E-state index contributed by atoms with van der Waals surface area (Å²) in [5, 5.41) is 4.88. The predicted molar refractivity (Wildman–Crippen MR) is 91.0 cm³/mol. The van der Waals surface area contributed by atoms with Crippen LogP contribution in [0.15, 0.2) is 41.3 Å². The van der Waals surface area contributed by atoms with Gasteiger partial charge in [-0.1, -0.05) is 0 Å². The van der Waals surface area contributed by atoms with Gasteiger partial charge < -0.3 is 4.57 Å². The number of aromatic nitrogens is 5. The Morgan fingerprint density at radius 1 is 1.12 bits per heavy atom. The highest BCUT2D eigenvalue weighted by atomic mass is 19.1. The Bertz CT molecular complexity index is 1190. The summed E-state index contributed by atoms with van der Waals surface area (Å²) in [5.74, 6) is 0.658. The van der Waals surface area contributed by atoms with Crippen LogP contribution in [0.5, 0.6) is 0 Å². The second kappa shape index (κ2) is 4.95. The summed E-state index contributed by atoms with van der Waals surface area (Å²) >= 11 is 0. The zero-order valence-electron chi connectivity index (χ0n) is 13.5. The van der Waals surface area contributed by atoms with Crippen LogP contribution >= 0.6 is 0 Å². The first-order chi connectivity index (χ1) is 12.1. The van der Waals surface area contributed by atoms with Gasteiger partial charge in [-0.15, -0.1) is 5.10 Å². The van der Waals surface area contributed by atoms with Crippen LogP contribution < -0.4 is 5.56 Å². The molecule has 7 heteroatoms. The lowest BCUT2D eigenvalue weighted by Crippen LogP contribution is -2.20. The molecule has 0 spiro atoms. The second-order valence-corrected chi connectivity index (χ2v) is 6.36. The van der Waals surface area contributed by atoms with Gasteiger partial charge in [0.2, 0.25) is 0 Å². The lowest BCUT2D eigenvalue weighted by Gasteiger charge is -2.11. The summed E-state index contributed by atoms with van der Waals surface area (Å²) in [6, 6.07) is 8.14. The van der Waals surface area contributed by atoms with E-state index < -0.39 is 0 Å². The fourth-order valence-electron chi connectivity index (χ4n) is 3.21. The zero-order chi connectivity index (χ0) is 17.1. The number of hydrogen-bond donors (Lipinski definition) is 0. The SMILES string of the molecule is Cc1nc2nc3ccn(C4CC4)c(=O)c3c(-c3ccc(F)cc3)n2n1. The van der Waals surface area contributed by atoms with Gasteiger partial charge in [-0.2, -0.15) is 9.50 Å². The number of nitrogens with zero attached hydrogens (tertiary/aromatic N) is 5. The molecule has 124 valence electrons. The van der Waals surface area contributed by atoms with Gasteiger partial charge in [-0.05, 0) is 50.1 Å². The smallest absolute Gasteiger partial charge is 0.262 e. The first-order valence-electron chi connectivity index (χ1n) is 8.16. The summed E-state index contributed by atoms with van der Waals surface area (Å²) in [6.07, 6.45) is 3.81. The van der Waals surface area contributed by atoms with Crippen LogP contribution in [-0.2, 0) is 0 Å². The first kappa shape index (κ1) is 14.3. The average Bonchev–Trinajstić information content (AvgIpc) is 3.35. The number of benzene rings is 1. The minimum Gasteiger partial charge on any atom is -0.312 e. The number of fused-ring (bicyclic) bond motifs is 2. The topological polar surface area (TPSA) is 65.1 Å². The van der Waals surface area contributed by atoms with E-state index in [2.05, 4.69) is 15.1 Å². The van der Waals surface area contributed by atoms with Crippen LogP contribution in [0.25, 0.3) is 27.9 Å². The third-order valence-electron chi connectivity index (χ3n) is 4.52. The van der Waals surface area contributed by atoms with Crippen LogP contribution in [0.4, 0.5) is 4.39 Å². The van der Waals surface area contributed by atoms with Crippen molar-refractivity contribution in [3.63, 3.8) is 0 Å². The van der Waals surface area contributed by atoms with Crippen LogP contribution in [0.3, 0.4) is 0 Å². The summed E-state index contributed by atoms with van der Waals surface area (Å²) in [4.78, 5) is 21.9. The summed E-state index contributed by atoms with van der Waals surface area (Å²) < 4.78 is 16.7. The average molecular weight is 335 g/mol. The van der Waals surface area contributed by atoms with E-state index in [-0.39, 0.29) is 17.4 Å². The van der Waals surface area contributed by atoms with Gasteiger partial charge in [0.05, 0.1) is 16.6 Å². The third kappa shape index (κ3) is 2.15. The number of rotatable bonds is 2. The van der Waals surface area contributed by atoms with Gasteiger partial charge in [0.15, 0.2) is 0 Å². The van der Waals surface area contributed by atoms with Crippen LogP contribution in [0.2, 0.25) is 0 Å². The van der Waals surface area contributed by atoms with Gasteiger partial charge in [-0.25, -0.2) is 9.37 Å². The Kier molecular flexibility index (Phi) is 2.83. The van der Waals surface area contributed by atoms with Crippen molar-refractivity contribution >= 4 is 16.7 Å². The minimum absolute atomic E-state index is 0.0955. The van der Waals surface area contributed by atoms with E-state index in [0.29, 0.717) is 33.8 Å². The van der Waals surface area contributed by atoms with Crippen molar-refractivity contribution in [1.82, 2.24) is 24.1 Å². The number of halogens is 1. The Hall–Kier alpha value is -3.09. The molecule has 0 bridgehead atoms. The van der Waals surface area contributed by atoms with Gasteiger partial charge in [0, 0.05) is 17.8 Å². The van der Waals surface area contributed by atoms with E-state index in [1.54, 1.807) is 34.3 Å². The molecule has 0 radical (unpaired) electrons. The predicted octanol–water partition coefficient (Wildman–Crippen LogP) is 2.89. The van der Waals surface area contributed by atoms with Crippen molar-refractivity contribution in [2.45, 2.75) is 25.8 Å². The van der Waals surface area contributed by atoms with Crippen LogP contribution in [0.1, 0.15) is 24.7 Å². The molecule has 3 aromatic heterocycles. The van der Waals surface area contributed by atoms with Crippen molar-refractivity contribution < 1.29 is 4.39 Å². The fourth-order valence-corrected chi connectivity index (χ4v) is 3.21. The molecular weight excluding hydrogens is 321 g/mol. The van der Waals surface area contributed by atoms with E-state index in [9.17, 15) is 9.18 Å². The molecule has 1 saturated carbocycles. The Morgan fingerprint density at radius 2 is 1.88 bits per heavy atom. The van der Waals surface area contributed by atoms with E-state index in [1.165, 1.54) is 12.1 Å². The highest BCUT2D eigenvalue weighted by molar-refractivity contribution is 5.93. The van der Waals surface area contributed by atoms with E-state index in [4.69, 9.17) is 0 Å². The Morgan fingerprint density at radius 3 is 2.60 bits per heavy atom. The van der Waals surface area contributed by atoms with Crippen molar-refractivity contribution in [1.29, 1.82) is 0 Å². The number of pyridine rings is 1. The highest BCUT2D eigenvalue weighted by Gasteiger charge is 2.26. The number of aryl methyl sites for hydroxylation is 1. The van der Waals surface area contributed by atoms with E-state index >= 15 is 0 Å². The van der Waals surface area contributed by atoms with E-state index in [1.807, 2.05) is 6.07 Å². The van der Waals surface area contributed by atoms with Crippen molar-refractivity contribution in [2.24, 2.45) is 0 Å². The molecule has 0 amide bonds. The lowest BCUT2D eigenvalue weighted by molar-refractivity contribution is 0.628. The molecule has 0 N–H and O–H groups in total. The molecule has 0 saturated heterocycles. The third-order valence-corrected chi connectivity index (χ3v) is 4.52. The van der Waals surface area contributed by atoms with Crippen molar-refractivity contribution in [3.05, 3.63) is 58.5 Å². The standard InChI is InChI=1S/C18H14FN5O/c1-10-20-18-21-14-8-9-23(13-6-7-13)17(25)15(14)16(24(18)22-10)11-2-4-12(19)5-3-11/h2-5,8-9,13H,6-7H2,1H3. The first-order valence-corrected chi connectivity index (χ1v) is 8.16. The highest BCUT2D eigenvalue weighted by Crippen LogP contribution is 2.34. The monoisotopic (exact) mass is 335 g/mol. The van der Waals surface area contributed by atoms with Gasteiger partial charge >= 0.3 is 0 Å². The van der Waals surface area contributed by atoms with Crippen LogP contribution in [0, 0.1) is 12.7 Å². The maximum absolute atomic E-state index is 13.4. The molecular formula is C18H14FN5O. The zero-order valence-corrected chi connectivity index (χ0v) is 13.5. The molecule has 0 atom stereocenters. The molecule has 25 heavy (non-hydrogen) atoms. The largest absolute Gasteiger partial charge is 0.312 e. The Balaban J connectivity index is 1.96. The van der Waals surface area contributed by atoms with E-state index in [0.717, 1.165) is 12.8 Å².